The van der Waals surface area contributed by atoms with Crippen LogP contribution < -0.4 is 0 Å². The van der Waals surface area contributed by atoms with Crippen molar-refractivity contribution in [3.63, 3.8) is 0 Å². The number of rotatable bonds is 10. The van der Waals surface area contributed by atoms with Gasteiger partial charge in [-0.3, -0.25) is 0 Å². The van der Waals surface area contributed by atoms with Crippen molar-refractivity contribution in [1.29, 1.82) is 0 Å². The molecule has 0 rings (SSSR count). The normalized spacial score (nSPS) is 12.7. The summed E-state index contributed by atoms with van der Waals surface area (Å²) >= 11 is -2.81. The Kier molecular flexibility index (Phi) is 12.1. The maximum atomic E-state index is 11.9. The molecule has 0 amide bonds. The molecule has 0 spiro atoms. The molecule has 0 aliphatic rings. The van der Waals surface area contributed by atoms with Crippen LogP contribution in [0.4, 0.5) is 0 Å². The van der Waals surface area contributed by atoms with Gasteiger partial charge in [0.1, 0.15) is 0 Å². The van der Waals surface area contributed by atoms with E-state index < -0.39 is 15.8 Å². The fraction of sp³-hybridized carbons (Fsp3) is 1.00. The number of hydrogen-bond donors (Lipinski definition) is 0. The van der Waals surface area contributed by atoms with Gasteiger partial charge in [0.15, 0.2) is 0 Å². The number of hydrogen-bond acceptors (Lipinski definition) is 3. The van der Waals surface area contributed by atoms with Crippen LogP contribution in [0.5, 0.6) is 0 Å². The summed E-state index contributed by atoms with van der Waals surface area (Å²) in [6.07, 6.45) is 2.13. The average molecular weight is 406 g/mol. The second-order valence-electron chi connectivity index (χ2n) is 8.29. The van der Waals surface area contributed by atoms with Crippen molar-refractivity contribution < 1.29 is 26.8 Å². The second-order valence-corrected chi connectivity index (χ2v) is 9.80. The molecule has 0 atom stereocenters. The van der Waals surface area contributed by atoms with Crippen molar-refractivity contribution in [2.45, 2.75) is 68.2 Å². The molecular weight excluding hydrogens is 371 g/mol. The molecule has 0 bridgehead atoms. The van der Waals surface area contributed by atoms with Crippen molar-refractivity contribution in [3.05, 3.63) is 0 Å². The van der Waals surface area contributed by atoms with E-state index in [2.05, 4.69) is 55.4 Å². The molecule has 21 heavy (non-hydrogen) atoms. The first-order valence-corrected chi connectivity index (χ1v) is 9.38. The molecule has 0 aromatic rings. The summed E-state index contributed by atoms with van der Waals surface area (Å²) in [6.45, 7) is 18.4. The Labute approximate surface area is 147 Å². The monoisotopic (exact) mass is 405 g/mol. The third kappa shape index (κ3) is 14.1. The van der Waals surface area contributed by atoms with E-state index in [-0.39, 0.29) is 27.8 Å². The first kappa shape index (κ1) is 24.0. The number of halogens is 1. The Balaban J connectivity index is 0. The van der Waals surface area contributed by atoms with E-state index in [0.717, 1.165) is 12.8 Å². The molecular formula is C16H35BrO3V. The van der Waals surface area contributed by atoms with Crippen LogP contribution in [0.1, 0.15) is 68.2 Å². The summed E-state index contributed by atoms with van der Waals surface area (Å²) in [5.41, 5.74) is 0.116. The average Bonchev–Trinajstić information content (AvgIpc) is 2.20. The molecule has 129 valence electrons. The van der Waals surface area contributed by atoms with Gasteiger partial charge in [0.25, 0.3) is 0 Å². The van der Waals surface area contributed by atoms with E-state index in [1.54, 1.807) is 0 Å². The summed E-state index contributed by atoms with van der Waals surface area (Å²) in [5, 5.41) is 0. The Morgan fingerprint density at radius 1 is 0.810 bits per heavy atom. The molecule has 0 radical (unpaired) electrons. The van der Waals surface area contributed by atoms with Crippen LogP contribution in [-0.4, -0.2) is 13.2 Å². The predicted molar refractivity (Wildman–Crippen MR) is 89.4 cm³/mol. The Hall–Kier alpha value is 0.784. The van der Waals surface area contributed by atoms with Crippen LogP contribution in [0.3, 0.4) is 0 Å². The van der Waals surface area contributed by atoms with E-state index in [4.69, 9.17) is 7.32 Å². The van der Waals surface area contributed by atoms with Gasteiger partial charge in [0, 0.05) is 0 Å². The first-order chi connectivity index (χ1) is 8.93. The summed E-state index contributed by atoms with van der Waals surface area (Å²) < 4.78 is 22.8. The fourth-order valence-electron chi connectivity index (χ4n) is 2.82. The molecule has 0 heterocycles. The Morgan fingerprint density at radius 3 is 1.33 bits per heavy atom. The van der Waals surface area contributed by atoms with Gasteiger partial charge >= 0.3 is 131 Å². The summed E-state index contributed by atoms with van der Waals surface area (Å²) in [5.74, 6) is 1.24. The molecule has 0 N–H and O–H groups in total. The standard InChI is InChI=1S/2C8H17O.BrH.O.V/c2*1-7(2)5-8(3,4)6-9;;;/h2*7H,5-6H2,1-4H3;1H;;/q2*-1;;;+2. The fourth-order valence-corrected chi connectivity index (χ4v) is 4.36. The van der Waals surface area contributed by atoms with Crippen molar-refractivity contribution >= 4 is 17.0 Å². The van der Waals surface area contributed by atoms with Crippen LogP contribution in [-0.2, 0) is 26.8 Å². The van der Waals surface area contributed by atoms with E-state index in [9.17, 15) is 3.67 Å². The summed E-state index contributed by atoms with van der Waals surface area (Å²) in [7, 11) is 0. The van der Waals surface area contributed by atoms with Crippen molar-refractivity contribution in [2.75, 3.05) is 13.2 Å². The molecule has 3 nitrogen and oxygen atoms in total. The molecule has 0 fully saturated rings. The van der Waals surface area contributed by atoms with E-state index in [1.165, 1.54) is 0 Å². The molecule has 0 saturated carbocycles. The van der Waals surface area contributed by atoms with Crippen molar-refractivity contribution in [1.82, 2.24) is 0 Å². The van der Waals surface area contributed by atoms with Gasteiger partial charge in [-0.15, -0.1) is 17.0 Å². The van der Waals surface area contributed by atoms with Gasteiger partial charge < -0.3 is 0 Å². The molecule has 0 aromatic heterocycles. The van der Waals surface area contributed by atoms with E-state index >= 15 is 0 Å². The van der Waals surface area contributed by atoms with Crippen molar-refractivity contribution in [3.8, 4) is 0 Å². The second kappa shape index (κ2) is 10.5. The molecule has 0 saturated heterocycles. The van der Waals surface area contributed by atoms with Gasteiger partial charge in [-0.05, 0) is 0 Å². The van der Waals surface area contributed by atoms with Crippen LogP contribution >= 0.6 is 17.0 Å². The topological polar surface area (TPSA) is 35.5 Å². The van der Waals surface area contributed by atoms with Crippen LogP contribution in [0, 0.1) is 22.7 Å². The summed E-state index contributed by atoms with van der Waals surface area (Å²) in [4.78, 5) is 0. The minimum atomic E-state index is -2.81. The Bertz CT molecular complexity index is 274. The third-order valence-electron chi connectivity index (χ3n) is 3.04. The molecule has 5 heteroatoms. The van der Waals surface area contributed by atoms with Gasteiger partial charge in [-0.2, -0.15) is 0 Å². The van der Waals surface area contributed by atoms with Gasteiger partial charge in [-0.25, -0.2) is 0 Å². The molecule has 0 unspecified atom stereocenters. The molecule has 0 aliphatic heterocycles. The van der Waals surface area contributed by atoms with Crippen molar-refractivity contribution in [2.24, 2.45) is 22.7 Å². The SMILES string of the molecule is Br.CC(C)CC(C)(C)C[O][V](=[O])[O]CC(C)(C)CC(C)C. The zero-order valence-electron chi connectivity index (χ0n) is 15.1. The zero-order chi connectivity index (χ0) is 16.0. The van der Waals surface area contributed by atoms with E-state index in [0.29, 0.717) is 25.0 Å². The van der Waals surface area contributed by atoms with Crippen LogP contribution in [0.2, 0.25) is 0 Å². The van der Waals surface area contributed by atoms with Crippen LogP contribution in [0.25, 0.3) is 0 Å². The molecule has 0 aromatic carbocycles. The summed E-state index contributed by atoms with van der Waals surface area (Å²) in [6, 6.07) is 0. The molecule has 0 aliphatic carbocycles. The van der Waals surface area contributed by atoms with Gasteiger partial charge in [0.2, 0.25) is 0 Å². The quantitative estimate of drug-likeness (QED) is 0.478. The zero-order valence-corrected chi connectivity index (χ0v) is 18.2. The van der Waals surface area contributed by atoms with E-state index in [1.807, 2.05) is 0 Å². The van der Waals surface area contributed by atoms with Gasteiger partial charge in [0.05, 0.1) is 0 Å². The van der Waals surface area contributed by atoms with Gasteiger partial charge in [-0.1, -0.05) is 0 Å². The Morgan fingerprint density at radius 2 is 1.10 bits per heavy atom. The first-order valence-electron chi connectivity index (χ1n) is 7.67. The van der Waals surface area contributed by atoms with Crippen LogP contribution in [0.15, 0.2) is 0 Å². The minimum absolute atomic E-state index is 0. The predicted octanol–water partition coefficient (Wildman–Crippen LogP) is 5.54. The maximum absolute atomic E-state index is 11.9. The third-order valence-corrected chi connectivity index (χ3v) is 4.10.